The van der Waals surface area contributed by atoms with E-state index in [9.17, 15) is 9.59 Å². The van der Waals surface area contributed by atoms with Gasteiger partial charge in [0.05, 0.1) is 18.0 Å². The van der Waals surface area contributed by atoms with Crippen molar-refractivity contribution in [3.8, 4) is 5.75 Å². The van der Waals surface area contributed by atoms with Crippen molar-refractivity contribution in [3.63, 3.8) is 0 Å². The van der Waals surface area contributed by atoms with E-state index in [2.05, 4.69) is 22.4 Å². The zero-order chi connectivity index (χ0) is 21.7. The van der Waals surface area contributed by atoms with Crippen LogP contribution < -0.4 is 21.3 Å². The van der Waals surface area contributed by atoms with Crippen LogP contribution >= 0.6 is 0 Å². The molecule has 0 radical (unpaired) electrons. The number of aromatic amines is 1. The van der Waals surface area contributed by atoms with Crippen molar-refractivity contribution in [2.75, 3.05) is 13.7 Å². The van der Waals surface area contributed by atoms with Crippen LogP contribution in [-0.4, -0.2) is 29.2 Å². The summed E-state index contributed by atoms with van der Waals surface area (Å²) in [6.07, 6.45) is 2.91. The summed E-state index contributed by atoms with van der Waals surface area (Å²) in [7, 11) is 1.73. The van der Waals surface area contributed by atoms with E-state index in [1.807, 2.05) is 32.0 Å². The zero-order valence-corrected chi connectivity index (χ0v) is 18.3. The lowest BCUT2D eigenvalue weighted by Gasteiger charge is -2.32. The molecule has 1 unspecified atom stereocenters. The Balaban J connectivity index is 1.45. The Hall–Kier alpha value is -2.86. The molecule has 3 atom stereocenters. The van der Waals surface area contributed by atoms with E-state index in [0.717, 1.165) is 42.7 Å². The number of aromatic nitrogens is 2. The van der Waals surface area contributed by atoms with E-state index in [1.165, 1.54) is 15.7 Å². The van der Waals surface area contributed by atoms with Crippen molar-refractivity contribution >= 4 is 10.9 Å². The Labute approximate surface area is 181 Å². The van der Waals surface area contributed by atoms with Gasteiger partial charge in [0.2, 0.25) is 0 Å². The first-order valence-electron chi connectivity index (χ1n) is 11.1. The minimum absolute atomic E-state index is 0.206. The molecule has 1 aliphatic carbocycles. The van der Waals surface area contributed by atoms with E-state index >= 15 is 0 Å². The van der Waals surface area contributed by atoms with Crippen LogP contribution in [-0.2, 0) is 13.0 Å². The summed E-state index contributed by atoms with van der Waals surface area (Å²) < 4.78 is 6.97. The lowest BCUT2D eigenvalue weighted by molar-refractivity contribution is 0.371. The fraction of sp³-hybridized carbons (Fsp3) is 0.440. The van der Waals surface area contributed by atoms with Crippen LogP contribution in [0.25, 0.3) is 10.9 Å². The molecule has 162 valence electrons. The smallest absolute Gasteiger partial charge is 0.328 e. The molecule has 0 saturated carbocycles. The molecule has 1 aromatic heterocycles. The van der Waals surface area contributed by atoms with Crippen LogP contribution in [0.1, 0.15) is 41.0 Å². The van der Waals surface area contributed by atoms with Crippen LogP contribution in [0, 0.1) is 19.8 Å². The average Bonchev–Trinajstić information content (AvgIpc) is 3.18. The summed E-state index contributed by atoms with van der Waals surface area (Å²) in [5, 5.41) is 4.25. The fourth-order valence-electron chi connectivity index (χ4n) is 5.59. The second-order valence-electron chi connectivity index (χ2n) is 9.03. The molecule has 5 rings (SSSR count). The van der Waals surface area contributed by atoms with Gasteiger partial charge in [-0.1, -0.05) is 12.1 Å². The Kier molecular flexibility index (Phi) is 4.97. The van der Waals surface area contributed by atoms with Crippen LogP contribution in [0.5, 0.6) is 5.75 Å². The highest BCUT2D eigenvalue weighted by atomic mass is 16.5. The van der Waals surface area contributed by atoms with Gasteiger partial charge in [-0.05, 0) is 86.0 Å². The molecule has 0 bridgehead atoms. The van der Waals surface area contributed by atoms with Gasteiger partial charge in [0, 0.05) is 18.5 Å². The average molecular weight is 420 g/mol. The highest BCUT2D eigenvalue weighted by Crippen LogP contribution is 2.45. The van der Waals surface area contributed by atoms with Gasteiger partial charge in [0.25, 0.3) is 5.56 Å². The largest absolute Gasteiger partial charge is 0.496 e. The van der Waals surface area contributed by atoms with E-state index < -0.39 is 0 Å². The number of benzene rings is 2. The first kappa shape index (κ1) is 20.1. The van der Waals surface area contributed by atoms with Gasteiger partial charge < -0.3 is 15.0 Å². The number of nitrogens with one attached hydrogen (secondary N) is 2. The molecule has 2 heterocycles. The summed E-state index contributed by atoms with van der Waals surface area (Å²) >= 11 is 0. The summed E-state index contributed by atoms with van der Waals surface area (Å²) in [5.74, 6) is 1.94. The third-order valence-corrected chi connectivity index (χ3v) is 7.36. The molecule has 1 aliphatic heterocycles. The monoisotopic (exact) mass is 419 g/mol. The predicted octanol–water partition coefficient (Wildman–Crippen LogP) is 3.02. The maximum Gasteiger partial charge on any atom is 0.328 e. The van der Waals surface area contributed by atoms with Gasteiger partial charge in [0.1, 0.15) is 5.75 Å². The second kappa shape index (κ2) is 7.68. The maximum absolute atomic E-state index is 13.1. The van der Waals surface area contributed by atoms with Gasteiger partial charge in [0.15, 0.2) is 0 Å². The Morgan fingerprint density at radius 3 is 2.77 bits per heavy atom. The molecule has 6 nitrogen and oxygen atoms in total. The third kappa shape index (κ3) is 3.30. The summed E-state index contributed by atoms with van der Waals surface area (Å²) in [4.78, 5) is 28.7. The molecule has 1 saturated heterocycles. The number of hydrogen-bond acceptors (Lipinski definition) is 4. The molecule has 1 fully saturated rings. The highest BCUT2D eigenvalue weighted by molar-refractivity contribution is 5.79. The SMILES string of the molecule is COc1cccc2c1CC[C@H]1CNC(CCn3c(=O)[nH]c4cc(C)c(C)cc4c3=O)[C@@H]21. The number of ether oxygens (including phenoxy) is 1. The number of rotatable bonds is 4. The van der Waals surface area contributed by atoms with Crippen molar-refractivity contribution in [2.24, 2.45) is 5.92 Å². The quantitative estimate of drug-likeness (QED) is 0.682. The van der Waals surface area contributed by atoms with Crippen molar-refractivity contribution in [1.29, 1.82) is 0 Å². The maximum atomic E-state index is 13.1. The standard InChI is InChI=1S/C25H29N3O3/c1-14-11-19-21(12-15(14)2)27-25(30)28(24(19)29)10-9-20-23-16(13-26-20)7-8-17-18(23)5-4-6-22(17)31-3/h4-6,11-12,16,20,23,26H,7-10,13H2,1-3H3,(H,27,30)/t16-,20?,23+/m0/s1. The molecule has 0 amide bonds. The first-order chi connectivity index (χ1) is 15.0. The number of fused-ring (bicyclic) bond motifs is 4. The Morgan fingerprint density at radius 1 is 1.16 bits per heavy atom. The zero-order valence-electron chi connectivity index (χ0n) is 18.3. The predicted molar refractivity (Wildman–Crippen MR) is 122 cm³/mol. The summed E-state index contributed by atoms with van der Waals surface area (Å²) in [6.45, 7) is 5.35. The highest BCUT2D eigenvalue weighted by Gasteiger charge is 2.40. The number of nitrogens with zero attached hydrogens (tertiary/aromatic N) is 1. The molecule has 2 aliphatic rings. The molecule has 3 aromatic rings. The van der Waals surface area contributed by atoms with Crippen molar-refractivity contribution in [2.45, 2.75) is 51.6 Å². The summed E-state index contributed by atoms with van der Waals surface area (Å²) in [5.41, 5.74) is 4.86. The molecule has 2 aromatic carbocycles. The van der Waals surface area contributed by atoms with E-state index in [4.69, 9.17) is 4.74 Å². The molecule has 0 spiro atoms. The molecule has 6 heteroatoms. The second-order valence-corrected chi connectivity index (χ2v) is 9.03. The minimum Gasteiger partial charge on any atom is -0.496 e. The minimum atomic E-state index is -0.332. The number of H-pyrrole nitrogens is 1. The topological polar surface area (TPSA) is 76.1 Å². The Morgan fingerprint density at radius 2 is 1.97 bits per heavy atom. The van der Waals surface area contributed by atoms with Crippen LogP contribution in [0.2, 0.25) is 0 Å². The number of hydrogen-bond donors (Lipinski definition) is 2. The third-order valence-electron chi connectivity index (χ3n) is 7.36. The first-order valence-corrected chi connectivity index (χ1v) is 11.1. The van der Waals surface area contributed by atoms with Gasteiger partial charge in [-0.15, -0.1) is 0 Å². The molecule has 31 heavy (non-hydrogen) atoms. The van der Waals surface area contributed by atoms with Crippen LogP contribution in [0.15, 0.2) is 39.9 Å². The fourth-order valence-corrected chi connectivity index (χ4v) is 5.59. The van der Waals surface area contributed by atoms with Crippen molar-refractivity contribution in [3.05, 3.63) is 73.4 Å². The Bertz CT molecular complexity index is 1270. The van der Waals surface area contributed by atoms with Crippen LogP contribution in [0.4, 0.5) is 0 Å². The lowest BCUT2D eigenvalue weighted by Crippen LogP contribution is -2.38. The van der Waals surface area contributed by atoms with Crippen molar-refractivity contribution in [1.82, 2.24) is 14.9 Å². The molecular formula is C25H29N3O3. The van der Waals surface area contributed by atoms with Gasteiger partial charge >= 0.3 is 5.69 Å². The number of methoxy groups -OCH3 is 1. The van der Waals surface area contributed by atoms with Gasteiger partial charge in [-0.25, -0.2) is 4.79 Å². The summed E-state index contributed by atoms with van der Waals surface area (Å²) in [6, 6.07) is 10.3. The van der Waals surface area contributed by atoms with E-state index in [1.54, 1.807) is 7.11 Å². The number of aryl methyl sites for hydroxylation is 2. The van der Waals surface area contributed by atoms with Gasteiger partial charge in [-0.3, -0.25) is 9.36 Å². The van der Waals surface area contributed by atoms with E-state index in [-0.39, 0.29) is 17.3 Å². The lowest BCUT2D eigenvalue weighted by atomic mass is 9.73. The van der Waals surface area contributed by atoms with Crippen molar-refractivity contribution < 1.29 is 4.74 Å². The van der Waals surface area contributed by atoms with E-state index in [0.29, 0.717) is 29.3 Å². The molecular weight excluding hydrogens is 390 g/mol. The molecule has 2 N–H and O–H groups in total. The normalized spacial score (nSPS) is 22.4. The van der Waals surface area contributed by atoms with Gasteiger partial charge in [-0.2, -0.15) is 0 Å². The van der Waals surface area contributed by atoms with Crippen LogP contribution in [0.3, 0.4) is 0 Å².